The third kappa shape index (κ3) is 6.76. The zero-order valence-corrected chi connectivity index (χ0v) is 35.9. The smallest absolute Gasteiger partial charge is 0.504 e. The van der Waals surface area contributed by atoms with Crippen molar-refractivity contribution in [3.8, 4) is 46.3 Å². The Morgan fingerprint density at radius 2 is 1.82 bits per heavy atom. The Labute approximate surface area is 357 Å². The second kappa shape index (κ2) is 16.3. The molecule has 322 valence electrons. The molecule has 2 fully saturated rings. The lowest BCUT2D eigenvalue weighted by Crippen LogP contribution is -2.64. The number of likely N-dealkylation sites (N-methyl/N-ethyl adjacent to an activating group) is 1. The summed E-state index contributed by atoms with van der Waals surface area (Å²) >= 11 is 1.43. The Morgan fingerprint density at radius 3 is 2.52 bits per heavy atom. The molecule has 6 aliphatic rings. The van der Waals surface area contributed by atoms with Crippen LogP contribution in [-0.4, -0.2) is 105 Å². The standard InChI is InChI=1S/C44H48N4O12S/c1-9-12-55-43(52)60-30-14-25-10-11-46-44(27(25)15-29(30)53-7)19-61-41-33-32(40-39(57-20-58-40)23(4)38(33)59-24(5)49)28(18-56-42(44)51)48-26(16-45)17-47(6)34(35(41)48)31-21(2)13-22(3)37(54-8)36(31)50/h9,13-15,26,28,34-35,41,46,50H,1,10-12,17-20H2,2-8H3/t26-,28-,34?,35?,41+,44+/m0/s1. The van der Waals surface area contributed by atoms with Gasteiger partial charge >= 0.3 is 18.1 Å². The Morgan fingerprint density at radius 1 is 1.05 bits per heavy atom. The summed E-state index contributed by atoms with van der Waals surface area (Å²) in [5.41, 5.74) is 3.82. The molecule has 0 amide bonds. The first kappa shape index (κ1) is 42.0. The minimum atomic E-state index is -1.46. The molecule has 3 aromatic carbocycles. The first-order chi connectivity index (χ1) is 29.3. The normalized spacial score (nSPS) is 25.3. The number of fused-ring (bicyclic) bond motifs is 5. The van der Waals surface area contributed by atoms with Crippen molar-refractivity contribution in [3.63, 3.8) is 0 Å². The Balaban J connectivity index is 1.37. The highest BCUT2D eigenvalue weighted by Crippen LogP contribution is 2.63. The van der Waals surface area contributed by atoms with Gasteiger partial charge in [0.1, 0.15) is 25.0 Å². The van der Waals surface area contributed by atoms with Crippen molar-refractivity contribution < 1.29 is 57.4 Å². The van der Waals surface area contributed by atoms with Crippen LogP contribution in [0.5, 0.6) is 40.2 Å². The number of methoxy groups -OCH3 is 2. The van der Waals surface area contributed by atoms with Gasteiger partial charge in [0, 0.05) is 54.1 Å². The fraction of sp³-hybridized carbons (Fsp3) is 0.455. The van der Waals surface area contributed by atoms with Crippen molar-refractivity contribution >= 4 is 29.9 Å². The maximum atomic E-state index is 15.0. The van der Waals surface area contributed by atoms with Gasteiger partial charge in [-0.2, -0.15) is 5.26 Å². The number of thioether (sulfide) groups is 1. The molecule has 0 radical (unpaired) electrons. The first-order valence-electron chi connectivity index (χ1n) is 19.9. The summed E-state index contributed by atoms with van der Waals surface area (Å²) in [5.74, 6) is 0.713. The lowest BCUT2D eigenvalue weighted by Gasteiger charge is -2.58. The summed E-state index contributed by atoms with van der Waals surface area (Å²) in [6, 6.07) is 5.14. The molecule has 9 rings (SSSR count). The summed E-state index contributed by atoms with van der Waals surface area (Å²) < 4.78 is 46.9. The number of nitrogens with zero attached hydrogens (tertiary/aromatic N) is 3. The van der Waals surface area contributed by atoms with Crippen LogP contribution < -0.4 is 33.7 Å². The number of nitrogens with one attached hydrogen (secondary N) is 1. The van der Waals surface area contributed by atoms with Crippen LogP contribution in [0.4, 0.5) is 4.79 Å². The number of hydrogen-bond acceptors (Lipinski definition) is 17. The number of aryl methyl sites for hydroxylation is 2. The molecule has 6 heterocycles. The van der Waals surface area contributed by atoms with E-state index in [9.17, 15) is 24.8 Å². The number of carbonyl (C=O) groups is 3. The molecule has 17 heteroatoms. The Bertz CT molecular complexity index is 2380. The van der Waals surface area contributed by atoms with Crippen molar-refractivity contribution in [2.75, 3.05) is 60.1 Å². The van der Waals surface area contributed by atoms with Gasteiger partial charge in [-0.25, -0.2) is 9.59 Å². The van der Waals surface area contributed by atoms with Crippen molar-refractivity contribution in [2.24, 2.45) is 0 Å². The summed E-state index contributed by atoms with van der Waals surface area (Å²) in [7, 11) is 4.87. The third-order valence-electron chi connectivity index (χ3n) is 12.3. The van der Waals surface area contributed by atoms with Gasteiger partial charge in [-0.1, -0.05) is 18.7 Å². The molecule has 2 N–H and O–H groups in total. The largest absolute Gasteiger partial charge is 0.514 e. The van der Waals surface area contributed by atoms with Gasteiger partial charge < -0.3 is 43.0 Å². The number of benzene rings is 3. The van der Waals surface area contributed by atoms with Crippen LogP contribution in [0.3, 0.4) is 0 Å². The maximum Gasteiger partial charge on any atom is 0.514 e. The van der Waals surface area contributed by atoms with E-state index in [-0.39, 0.29) is 49.6 Å². The zero-order valence-electron chi connectivity index (χ0n) is 35.0. The van der Waals surface area contributed by atoms with Crippen molar-refractivity contribution in [3.05, 3.63) is 75.4 Å². The second-order valence-electron chi connectivity index (χ2n) is 15.8. The molecule has 6 atom stereocenters. The monoisotopic (exact) mass is 856 g/mol. The lowest BCUT2D eigenvalue weighted by atomic mass is 9.76. The molecule has 2 unspecified atom stereocenters. The number of aromatic hydroxyl groups is 1. The van der Waals surface area contributed by atoms with Gasteiger partial charge in [-0.15, -0.1) is 11.8 Å². The number of carbonyl (C=O) groups excluding carboxylic acids is 3. The minimum absolute atomic E-state index is 0.0169. The summed E-state index contributed by atoms with van der Waals surface area (Å²) in [6.07, 6.45) is 0.963. The average molecular weight is 857 g/mol. The Hall–Kier alpha value is -5.67. The Kier molecular flexibility index (Phi) is 11.2. The van der Waals surface area contributed by atoms with Crippen molar-refractivity contribution in [1.82, 2.24) is 15.1 Å². The van der Waals surface area contributed by atoms with Crippen LogP contribution in [0.1, 0.15) is 68.8 Å². The molecule has 61 heavy (non-hydrogen) atoms. The maximum absolute atomic E-state index is 15.0. The number of phenolic OH excluding ortho intramolecular Hbond substituents is 1. The van der Waals surface area contributed by atoms with E-state index in [2.05, 4.69) is 27.8 Å². The van der Waals surface area contributed by atoms with Gasteiger partial charge in [-0.3, -0.25) is 19.9 Å². The van der Waals surface area contributed by atoms with E-state index in [0.717, 1.165) is 16.7 Å². The predicted octanol–water partition coefficient (Wildman–Crippen LogP) is 5.37. The minimum Gasteiger partial charge on any atom is -0.504 e. The van der Waals surface area contributed by atoms with Gasteiger partial charge in [0.15, 0.2) is 40.0 Å². The zero-order chi connectivity index (χ0) is 43.5. The molecule has 6 aliphatic heterocycles. The van der Waals surface area contributed by atoms with Gasteiger partial charge in [0.2, 0.25) is 6.79 Å². The second-order valence-corrected chi connectivity index (χ2v) is 16.9. The number of esters is 2. The van der Waals surface area contributed by atoms with Gasteiger partial charge in [-0.05, 0) is 68.6 Å². The fourth-order valence-corrected chi connectivity index (χ4v) is 11.6. The number of piperazine rings is 1. The molecule has 0 aromatic heterocycles. The highest BCUT2D eigenvalue weighted by molar-refractivity contribution is 7.99. The fourth-order valence-electron chi connectivity index (χ4n) is 9.88. The van der Waals surface area contributed by atoms with E-state index in [1.807, 2.05) is 33.9 Å². The molecule has 2 bridgehead atoms. The topological polar surface area (TPSA) is 188 Å². The highest BCUT2D eigenvalue weighted by Gasteiger charge is 2.58. The quantitative estimate of drug-likeness (QED) is 0.134. The summed E-state index contributed by atoms with van der Waals surface area (Å²) in [6.45, 7) is 10.8. The van der Waals surface area contributed by atoms with Crippen LogP contribution in [0, 0.1) is 32.1 Å². The van der Waals surface area contributed by atoms with Gasteiger partial charge in [0.25, 0.3) is 0 Å². The third-order valence-corrected chi connectivity index (χ3v) is 13.8. The number of phenols is 1. The number of rotatable bonds is 7. The first-order valence-corrected chi connectivity index (χ1v) is 20.9. The predicted molar refractivity (Wildman–Crippen MR) is 221 cm³/mol. The molecule has 1 spiro atoms. The van der Waals surface area contributed by atoms with Crippen LogP contribution in [0.2, 0.25) is 0 Å². The molecule has 0 aliphatic carbocycles. The van der Waals surface area contributed by atoms with E-state index in [4.69, 9.17) is 37.9 Å². The highest BCUT2D eigenvalue weighted by atomic mass is 32.2. The van der Waals surface area contributed by atoms with E-state index >= 15 is 0 Å². The number of nitriles is 1. The molecular weight excluding hydrogens is 809 g/mol. The molecular formula is C44H48N4O12S. The summed E-state index contributed by atoms with van der Waals surface area (Å²) in [4.78, 5) is 44.7. The van der Waals surface area contributed by atoms with Crippen LogP contribution in [0.15, 0.2) is 30.9 Å². The molecule has 0 saturated carbocycles. The van der Waals surface area contributed by atoms with E-state index in [1.165, 1.54) is 39.0 Å². The van der Waals surface area contributed by atoms with Gasteiger partial charge in [0.05, 0.1) is 37.6 Å². The van der Waals surface area contributed by atoms with E-state index < -0.39 is 53.1 Å². The van der Waals surface area contributed by atoms with Crippen molar-refractivity contribution in [1.29, 1.82) is 5.26 Å². The van der Waals surface area contributed by atoms with Crippen LogP contribution >= 0.6 is 11.8 Å². The molecule has 2 saturated heterocycles. The number of hydrogen-bond donors (Lipinski definition) is 2. The van der Waals surface area contributed by atoms with E-state index in [0.29, 0.717) is 63.8 Å². The SMILES string of the molecule is C=CCOC(=O)Oc1cc2c(cc1OC)[C@@]1(CS[C@@H]3c4c(OC(C)=O)c(C)c5c(c4[C@H](COC1=O)N1C3C(c3c(C)cc(C)c(OC)c3O)N(C)C[C@@H]1C#N)OCO5)NCC2. The van der Waals surface area contributed by atoms with Crippen LogP contribution in [-0.2, 0) is 31.0 Å². The average Bonchev–Trinajstić information content (AvgIpc) is 3.73. The molecule has 3 aromatic rings. The summed E-state index contributed by atoms with van der Waals surface area (Å²) in [5, 5.41) is 25.9. The molecule has 16 nitrogen and oxygen atoms in total. The van der Waals surface area contributed by atoms with Crippen molar-refractivity contribution in [2.45, 2.75) is 69.1 Å². The lowest BCUT2D eigenvalue weighted by molar-refractivity contribution is -0.156. The van der Waals surface area contributed by atoms with Crippen LogP contribution in [0.25, 0.3) is 0 Å². The number of ether oxygens (including phenoxy) is 8. The van der Waals surface area contributed by atoms with E-state index in [1.54, 1.807) is 12.1 Å².